The number of thioether (sulfide) groups is 1. The number of aliphatic hydroxyl groups excluding tert-OH is 1. The minimum Gasteiger partial charge on any atom is -0.390 e. The minimum atomic E-state index is -0.482. The fraction of sp³-hybridized carbons (Fsp3) is 0.400. The molecule has 2 rings (SSSR count). The van der Waals surface area contributed by atoms with E-state index in [9.17, 15) is 5.11 Å². The molecular weight excluding hydrogens is 340 g/mol. The Morgan fingerprint density at radius 2 is 1.67 bits per heavy atom. The molecule has 1 atom stereocenters. The molecule has 0 spiro atoms. The molecule has 2 aromatic carbocycles. The fourth-order valence-corrected chi connectivity index (χ4v) is 3.12. The summed E-state index contributed by atoms with van der Waals surface area (Å²) in [5.74, 6) is 0.621. The SMILES string of the molecule is CC(C)(C)c1ccc(SC[C@@H](O)COCc2ccc(Cl)cc2)cc1. The molecule has 2 nitrogen and oxygen atoms in total. The minimum absolute atomic E-state index is 0.165. The van der Waals surface area contributed by atoms with E-state index in [0.717, 1.165) is 5.56 Å². The maximum atomic E-state index is 10.0. The lowest BCUT2D eigenvalue weighted by molar-refractivity contribution is 0.0398. The molecule has 0 aliphatic heterocycles. The van der Waals surface area contributed by atoms with Crippen molar-refractivity contribution in [1.82, 2.24) is 0 Å². The summed E-state index contributed by atoms with van der Waals surface area (Å²) in [5, 5.41) is 10.8. The monoisotopic (exact) mass is 364 g/mol. The van der Waals surface area contributed by atoms with Gasteiger partial charge in [-0.15, -0.1) is 11.8 Å². The third-order valence-corrected chi connectivity index (χ3v) is 5.06. The van der Waals surface area contributed by atoms with Crippen LogP contribution in [0.1, 0.15) is 31.9 Å². The lowest BCUT2D eigenvalue weighted by Gasteiger charge is -2.19. The van der Waals surface area contributed by atoms with E-state index in [0.29, 0.717) is 24.0 Å². The van der Waals surface area contributed by atoms with E-state index < -0.39 is 6.10 Å². The Labute approximate surface area is 154 Å². The molecular formula is C20H25ClO2S. The Hall–Kier alpha value is -1.00. The van der Waals surface area contributed by atoms with Crippen molar-refractivity contribution in [1.29, 1.82) is 0 Å². The quantitative estimate of drug-likeness (QED) is 0.675. The van der Waals surface area contributed by atoms with Crippen LogP contribution in [0.25, 0.3) is 0 Å². The van der Waals surface area contributed by atoms with Crippen molar-refractivity contribution in [2.24, 2.45) is 0 Å². The first kappa shape index (κ1) is 19.3. The van der Waals surface area contributed by atoms with Crippen molar-refractivity contribution in [3.63, 3.8) is 0 Å². The van der Waals surface area contributed by atoms with Gasteiger partial charge in [-0.1, -0.05) is 56.6 Å². The van der Waals surface area contributed by atoms with Crippen LogP contribution in [0.3, 0.4) is 0 Å². The molecule has 0 aromatic heterocycles. The van der Waals surface area contributed by atoms with E-state index in [1.54, 1.807) is 11.8 Å². The second-order valence-corrected chi connectivity index (χ2v) is 8.41. The van der Waals surface area contributed by atoms with Crippen LogP contribution in [0.2, 0.25) is 5.02 Å². The Kier molecular flexibility index (Phi) is 7.17. The van der Waals surface area contributed by atoms with Gasteiger partial charge in [0.05, 0.1) is 19.3 Å². The molecule has 0 unspecified atom stereocenters. The van der Waals surface area contributed by atoms with Gasteiger partial charge in [0, 0.05) is 15.7 Å². The molecule has 0 fully saturated rings. The van der Waals surface area contributed by atoms with Gasteiger partial charge < -0.3 is 9.84 Å². The Balaban J connectivity index is 1.71. The molecule has 0 radical (unpaired) electrons. The van der Waals surface area contributed by atoms with Gasteiger partial charge in [-0.2, -0.15) is 0 Å². The van der Waals surface area contributed by atoms with E-state index in [1.165, 1.54) is 10.5 Å². The predicted octanol–water partition coefficient (Wildman–Crippen LogP) is 5.31. The molecule has 0 amide bonds. The Bertz CT molecular complexity index is 618. The van der Waals surface area contributed by atoms with Gasteiger partial charge in [0.25, 0.3) is 0 Å². The molecule has 0 heterocycles. The molecule has 0 saturated carbocycles. The summed E-state index contributed by atoms with van der Waals surface area (Å²) in [6.07, 6.45) is -0.482. The van der Waals surface area contributed by atoms with Gasteiger partial charge in [-0.25, -0.2) is 0 Å². The lowest BCUT2D eigenvalue weighted by atomic mass is 9.87. The molecule has 24 heavy (non-hydrogen) atoms. The Morgan fingerprint density at radius 1 is 1.04 bits per heavy atom. The molecule has 130 valence electrons. The number of benzene rings is 2. The average Bonchev–Trinajstić information content (AvgIpc) is 2.54. The summed E-state index contributed by atoms with van der Waals surface area (Å²) in [6, 6.07) is 16.1. The second-order valence-electron chi connectivity index (χ2n) is 6.88. The second kappa shape index (κ2) is 8.91. The maximum Gasteiger partial charge on any atom is 0.0867 e. The molecule has 2 aromatic rings. The number of halogens is 1. The highest BCUT2D eigenvalue weighted by Crippen LogP contribution is 2.26. The number of hydrogen-bond donors (Lipinski definition) is 1. The molecule has 1 N–H and O–H groups in total. The van der Waals surface area contributed by atoms with E-state index in [1.807, 2.05) is 24.3 Å². The first-order valence-corrected chi connectivity index (χ1v) is 9.44. The zero-order valence-electron chi connectivity index (χ0n) is 14.5. The molecule has 0 bridgehead atoms. The predicted molar refractivity (Wildman–Crippen MR) is 103 cm³/mol. The zero-order chi connectivity index (χ0) is 17.6. The normalized spacial score (nSPS) is 13.0. The van der Waals surface area contributed by atoms with Crippen molar-refractivity contribution in [2.75, 3.05) is 12.4 Å². The van der Waals surface area contributed by atoms with Crippen molar-refractivity contribution >= 4 is 23.4 Å². The summed E-state index contributed by atoms with van der Waals surface area (Å²) >= 11 is 7.50. The van der Waals surface area contributed by atoms with Crippen LogP contribution >= 0.6 is 23.4 Å². The van der Waals surface area contributed by atoms with E-state index in [4.69, 9.17) is 16.3 Å². The van der Waals surface area contributed by atoms with Crippen LogP contribution in [-0.2, 0) is 16.8 Å². The third kappa shape index (κ3) is 6.48. The van der Waals surface area contributed by atoms with Crippen LogP contribution < -0.4 is 0 Å². The summed E-state index contributed by atoms with van der Waals surface area (Å²) < 4.78 is 5.57. The van der Waals surface area contributed by atoms with Crippen molar-refractivity contribution in [3.05, 3.63) is 64.7 Å². The largest absolute Gasteiger partial charge is 0.390 e. The smallest absolute Gasteiger partial charge is 0.0867 e. The van der Waals surface area contributed by atoms with Crippen LogP contribution in [0, 0.1) is 0 Å². The number of aliphatic hydroxyl groups is 1. The van der Waals surface area contributed by atoms with E-state index in [2.05, 4.69) is 45.0 Å². The van der Waals surface area contributed by atoms with Crippen LogP contribution in [0.5, 0.6) is 0 Å². The zero-order valence-corrected chi connectivity index (χ0v) is 16.0. The topological polar surface area (TPSA) is 29.5 Å². The van der Waals surface area contributed by atoms with E-state index in [-0.39, 0.29) is 5.41 Å². The van der Waals surface area contributed by atoms with Crippen molar-refractivity contribution < 1.29 is 9.84 Å². The van der Waals surface area contributed by atoms with Crippen molar-refractivity contribution in [3.8, 4) is 0 Å². The van der Waals surface area contributed by atoms with Crippen LogP contribution in [-0.4, -0.2) is 23.6 Å². The Morgan fingerprint density at radius 3 is 2.25 bits per heavy atom. The number of ether oxygens (including phenoxy) is 1. The number of rotatable bonds is 7. The van der Waals surface area contributed by atoms with Crippen molar-refractivity contribution in [2.45, 2.75) is 43.8 Å². The lowest BCUT2D eigenvalue weighted by Crippen LogP contribution is -2.17. The van der Waals surface area contributed by atoms with Gasteiger partial charge in [0.2, 0.25) is 0 Å². The fourth-order valence-electron chi connectivity index (χ4n) is 2.19. The molecule has 0 aliphatic rings. The van der Waals surface area contributed by atoms with Gasteiger partial charge >= 0.3 is 0 Å². The van der Waals surface area contributed by atoms with Gasteiger partial charge in [0.1, 0.15) is 0 Å². The highest BCUT2D eigenvalue weighted by Gasteiger charge is 2.13. The maximum absolute atomic E-state index is 10.0. The van der Waals surface area contributed by atoms with Crippen LogP contribution in [0.15, 0.2) is 53.4 Å². The summed E-state index contributed by atoms with van der Waals surface area (Å²) in [5.41, 5.74) is 2.54. The molecule has 0 saturated heterocycles. The molecule has 0 aliphatic carbocycles. The standard InChI is InChI=1S/C20H25ClO2S/c1-20(2,3)16-6-10-19(11-7-16)24-14-18(22)13-23-12-15-4-8-17(21)9-5-15/h4-11,18,22H,12-14H2,1-3H3/t18-/m0/s1. The highest BCUT2D eigenvalue weighted by molar-refractivity contribution is 7.99. The van der Waals surface area contributed by atoms with Gasteiger partial charge in [0.15, 0.2) is 0 Å². The first-order chi connectivity index (χ1) is 11.3. The highest BCUT2D eigenvalue weighted by atomic mass is 35.5. The molecule has 4 heteroatoms. The van der Waals surface area contributed by atoms with Crippen LogP contribution in [0.4, 0.5) is 0 Å². The first-order valence-electron chi connectivity index (χ1n) is 8.08. The average molecular weight is 365 g/mol. The summed E-state index contributed by atoms with van der Waals surface area (Å²) in [7, 11) is 0. The summed E-state index contributed by atoms with van der Waals surface area (Å²) in [6.45, 7) is 7.43. The van der Waals surface area contributed by atoms with Gasteiger partial charge in [-0.3, -0.25) is 0 Å². The number of hydrogen-bond acceptors (Lipinski definition) is 3. The van der Waals surface area contributed by atoms with Gasteiger partial charge in [-0.05, 0) is 40.8 Å². The van der Waals surface area contributed by atoms with E-state index >= 15 is 0 Å². The summed E-state index contributed by atoms with van der Waals surface area (Å²) in [4.78, 5) is 1.17. The third-order valence-electron chi connectivity index (χ3n) is 3.65.